The second kappa shape index (κ2) is 6.64. The van der Waals surface area contributed by atoms with Crippen molar-refractivity contribution in [2.75, 3.05) is 0 Å². The van der Waals surface area contributed by atoms with Crippen LogP contribution in [0.4, 0.5) is 0 Å². The molecule has 0 spiro atoms. The lowest BCUT2D eigenvalue weighted by atomic mass is 9.90. The summed E-state index contributed by atoms with van der Waals surface area (Å²) in [4.78, 5) is 13.3. The molecule has 124 valence electrons. The van der Waals surface area contributed by atoms with E-state index in [1.54, 1.807) is 0 Å². The molecule has 1 unspecified atom stereocenters. The minimum atomic E-state index is -0.733. The minimum Gasteiger partial charge on any atom is -0.481 e. The second-order valence-corrected chi connectivity index (χ2v) is 8.31. The number of benzene rings is 2. The molecule has 1 atom stereocenters. The highest BCUT2D eigenvalue weighted by molar-refractivity contribution is 8.00. The van der Waals surface area contributed by atoms with Gasteiger partial charge in [-0.25, -0.2) is 0 Å². The van der Waals surface area contributed by atoms with Crippen molar-refractivity contribution in [1.82, 2.24) is 0 Å². The van der Waals surface area contributed by atoms with Crippen LogP contribution in [0.2, 0.25) is 0 Å². The van der Waals surface area contributed by atoms with Gasteiger partial charge in [0.25, 0.3) is 0 Å². The first-order valence-corrected chi connectivity index (χ1v) is 9.66. The molecule has 2 fully saturated rings. The highest BCUT2D eigenvalue weighted by Gasteiger charge is 2.31. The molecule has 0 heterocycles. The zero-order chi connectivity index (χ0) is 16.5. The molecule has 2 aliphatic rings. The Balaban J connectivity index is 1.62. The third-order valence-electron chi connectivity index (χ3n) is 4.85. The number of carboxylic acid groups (broad SMARTS) is 1. The zero-order valence-corrected chi connectivity index (χ0v) is 14.5. The summed E-state index contributed by atoms with van der Waals surface area (Å²) in [7, 11) is 0. The van der Waals surface area contributed by atoms with Crippen molar-refractivity contribution >= 4 is 17.7 Å². The molecule has 0 aromatic heterocycles. The van der Waals surface area contributed by atoms with Crippen LogP contribution in [-0.2, 0) is 11.2 Å². The van der Waals surface area contributed by atoms with Crippen LogP contribution in [-0.4, -0.2) is 16.3 Å². The number of carboxylic acids is 1. The van der Waals surface area contributed by atoms with Crippen LogP contribution >= 0.6 is 11.8 Å². The summed E-state index contributed by atoms with van der Waals surface area (Å²) in [6.07, 6.45) is 5.69. The lowest BCUT2D eigenvalue weighted by Crippen LogP contribution is -2.15. The maximum Gasteiger partial charge on any atom is 0.311 e. The number of hydrogen-bond donors (Lipinski definition) is 1. The van der Waals surface area contributed by atoms with Gasteiger partial charge >= 0.3 is 5.97 Å². The summed E-state index contributed by atoms with van der Waals surface area (Å²) >= 11 is 1.99. The Morgan fingerprint density at radius 3 is 2.46 bits per heavy atom. The Labute approximate surface area is 147 Å². The van der Waals surface area contributed by atoms with E-state index in [0.717, 1.165) is 16.4 Å². The number of thioether (sulfide) groups is 1. The fraction of sp³-hybridized carbons (Fsp3) is 0.381. The molecule has 0 saturated heterocycles. The second-order valence-electron chi connectivity index (χ2n) is 6.97. The molecule has 1 N–H and O–H groups in total. The van der Waals surface area contributed by atoms with Gasteiger partial charge in [0, 0.05) is 10.1 Å². The van der Waals surface area contributed by atoms with E-state index in [-0.39, 0.29) is 0 Å². The smallest absolute Gasteiger partial charge is 0.311 e. The van der Waals surface area contributed by atoms with Crippen molar-refractivity contribution in [1.29, 1.82) is 0 Å². The highest BCUT2D eigenvalue weighted by atomic mass is 32.2. The maximum atomic E-state index is 11.9. The molecular formula is C21H22O2S. The zero-order valence-electron chi connectivity index (χ0n) is 13.7. The molecule has 0 aliphatic heterocycles. The van der Waals surface area contributed by atoms with Crippen molar-refractivity contribution in [2.24, 2.45) is 0 Å². The first-order valence-electron chi connectivity index (χ1n) is 8.78. The van der Waals surface area contributed by atoms with Gasteiger partial charge in [0.05, 0.1) is 5.92 Å². The van der Waals surface area contributed by atoms with E-state index in [9.17, 15) is 9.90 Å². The van der Waals surface area contributed by atoms with Gasteiger partial charge < -0.3 is 5.11 Å². The molecule has 24 heavy (non-hydrogen) atoms. The molecule has 2 aromatic rings. The van der Waals surface area contributed by atoms with Gasteiger partial charge in [-0.3, -0.25) is 4.79 Å². The molecule has 0 amide bonds. The Hall–Kier alpha value is -1.74. The SMILES string of the molecule is O=C(O)C(Cc1ccccc1)c1ccc(SC2CC2)c(C2CC2)c1. The Morgan fingerprint density at radius 2 is 1.83 bits per heavy atom. The normalized spacial score (nSPS) is 18.3. The average Bonchev–Trinajstić information content (AvgIpc) is 3.47. The molecule has 3 heteroatoms. The van der Waals surface area contributed by atoms with Gasteiger partial charge in [-0.1, -0.05) is 42.5 Å². The fourth-order valence-corrected chi connectivity index (χ4v) is 4.41. The van der Waals surface area contributed by atoms with Gasteiger partial charge in [0.1, 0.15) is 0 Å². The Bertz CT molecular complexity index is 733. The molecular weight excluding hydrogens is 316 g/mol. The van der Waals surface area contributed by atoms with Crippen LogP contribution in [0.5, 0.6) is 0 Å². The number of aliphatic carboxylic acids is 1. The van der Waals surface area contributed by atoms with E-state index in [0.29, 0.717) is 12.3 Å². The summed E-state index contributed by atoms with van der Waals surface area (Å²) in [5.41, 5.74) is 3.42. The first kappa shape index (κ1) is 15.8. The molecule has 2 aliphatic carbocycles. The van der Waals surface area contributed by atoms with Gasteiger partial charge in [0.15, 0.2) is 0 Å². The molecule has 0 bridgehead atoms. The van der Waals surface area contributed by atoms with Crippen molar-refractivity contribution in [3.05, 3.63) is 65.2 Å². The van der Waals surface area contributed by atoms with E-state index in [1.165, 1.54) is 36.1 Å². The quantitative estimate of drug-likeness (QED) is 0.751. The van der Waals surface area contributed by atoms with Crippen molar-refractivity contribution < 1.29 is 9.90 Å². The minimum absolute atomic E-state index is 0.468. The van der Waals surface area contributed by atoms with Crippen molar-refractivity contribution in [3.63, 3.8) is 0 Å². The summed E-state index contributed by atoms with van der Waals surface area (Å²) in [5, 5.41) is 10.5. The van der Waals surface area contributed by atoms with Crippen LogP contribution in [0.15, 0.2) is 53.4 Å². The Morgan fingerprint density at radius 1 is 1.08 bits per heavy atom. The summed E-state index contributed by atoms with van der Waals surface area (Å²) in [5.74, 6) is -0.551. The van der Waals surface area contributed by atoms with E-state index in [2.05, 4.69) is 12.1 Å². The number of rotatable bonds is 7. The lowest BCUT2D eigenvalue weighted by molar-refractivity contribution is -0.138. The summed E-state index contributed by atoms with van der Waals surface area (Å²) in [6.45, 7) is 0. The third kappa shape index (κ3) is 3.67. The van der Waals surface area contributed by atoms with Gasteiger partial charge in [-0.05, 0) is 60.8 Å². The predicted molar refractivity (Wildman–Crippen MR) is 97.8 cm³/mol. The lowest BCUT2D eigenvalue weighted by Gasteiger charge is -2.16. The van der Waals surface area contributed by atoms with Gasteiger partial charge in [0.2, 0.25) is 0 Å². The number of carbonyl (C=O) groups is 1. The van der Waals surface area contributed by atoms with Crippen LogP contribution in [0, 0.1) is 0 Å². The van der Waals surface area contributed by atoms with Crippen molar-refractivity contribution in [3.8, 4) is 0 Å². The molecule has 2 saturated carbocycles. The van der Waals surface area contributed by atoms with Crippen LogP contribution in [0.25, 0.3) is 0 Å². The maximum absolute atomic E-state index is 11.9. The summed E-state index contributed by atoms with van der Waals surface area (Å²) in [6, 6.07) is 16.3. The summed E-state index contributed by atoms with van der Waals surface area (Å²) < 4.78 is 0. The molecule has 2 aromatic carbocycles. The topological polar surface area (TPSA) is 37.3 Å². The first-order chi connectivity index (χ1) is 11.7. The van der Waals surface area contributed by atoms with E-state index < -0.39 is 11.9 Å². The largest absolute Gasteiger partial charge is 0.481 e. The fourth-order valence-electron chi connectivity index (χ4n) is 3.17. The predicted octanol–water partition coefficient (Wildman–Crippen LogP) is 5.23. The van der Waals surface area contributed by atoms with Crippen LogP contribution in [0.1, 0.15) is 54.2 Å². The molecule has 4 rings (SSSR count). The molecule has 2 nitrogen and oxygen atoms in total. The number of hydrogen-bond acceptors (Lipinski definition) is 2. The average molecular weight is 338 g/mol. The Kier molecular flexibility index (Phi) is 4.36. The molecule has 0 radical (unpaired) electrons. The standard InChI is InChI=1S/C21H22O2S/c22-21(23)19(12-14-4-2-1-3-5-14)16-8-11-20(24-17-9-10-17)18(13-16)15-6-7-15/h1-5,8,11,13,15,17,19H,6-7,9-10,12H2,(H,22,23). The monoisotopic (exact) mass is 338 g/mol. The van der Waals surface area contributed by atoms with Gasteiger partial charge in [-0.2, -0.15) is 0 Å². The highest BCUT2D eigenvalue weighted by Crippen LogP contribution is 2.48. The van der Waals surface area contributed by atoms with Crippen LogP contribution < -0.4 is 0 Å². The van der Waals surface area contributed by atoms with Crippen molar-refractivity contribution in [2.45, 2.75) is 54.1 Å². The van der Waals surface area contributed by atoms with Crippen LogP contribution in [0.3, 0.4) is 0 Å². The van der Waals surface area contributed by atoms with E-state index >= 15 is 0 Å². The third-order valence-corrected chi connectivity index (χ3v) is 6.28. The van der Waals surface area contributed by atoms with Gasteiger partial charge in [-0.15, -0.1) is 11.8 Å². The van der Waals surface area contributed by atoms with E-state index in [4.69, 9.17) is 0 Å². The van der Waals surface area contributed by atoms with E-state index in [1.807, 2.05) is 48.2 Å².